The van der Waals surface area contributed by atoms with Gasteiger partial charge in [0.15, 0.2) is 16.4 Å². The number of Topliss-reactive ketones (excluding diaryl/α,β-unsaturated/α-hetero) is 1. The Hall–Kier alpha value is -2.86. The zero-order chi connectivity index (χ0) is 20.5. The first-order chi connectivity index (χ1) is 13.2. The Morgan fingerprint density at radius 3 is 2.25 bits per heavy atom. The van der Waals surface area contributed by atoms with Gasteiger partial charge in [-0.3, -0.25) is 4.79 Å². The number of hydrogen-bond acceptors (Lipinski definition) is 4. The molecule has 2 aromatic carbocycles. The van der Waals surface area contributed by atoms with Gasteiger partial charge in [0.1, 0.15) is 5.75 Å². The highest BCUT2D eigenvalue weighted by molar-refractivity contribution is 7.90. The van der Waals surface area contributed by atoms with Gasteiger partial charge in [-0.2, -0.15) is 0 Å². The fourth-order valence-electron chi connectivity index (χ4n) is 3.24. The van der Waals surface area contributed by atoms with Crippen LogP contribution in [0.3, 0.4) is 0 Å². The Labute approximate surface area is 165 Å². The molecule has 0 N–H and O–H groups in total. The van der Waals surface area contributed by atoms with Crippen LogP contribution in [-0.4, -0.2) is 31.6 Å². The molecule has 0 spiro atoms. The number of aromatic nitrogens is 1. The van der Waals surface area contributed by atoms with E-state index in [1.807, 2.05) is 51.1 Å². The van der Waals surface area contributed by atoms with Crippen LogP contribution < -0.4 is 4.74 Å². The van der Waals surface area contributed by atoms with Crippen molar-refractivity contribution in [3.63, 3.8) is 0 Å². The van der Waals surface area contributed by atoms with E-state index in [0.29, 0.717) is 11.3 Å². The molecule has 0 saturated heterocycles. The van der Waals surface area contributed by atoms with Crippen molar-refractivity contribution < 1.29 is 17.9 Å². The van der Waals surface area contributed by atoms with Crippen molar-refractivity contribution in [2.45, 2.75) is 25.7 Å². The molecule has 0 unspecified atom stereocenters. The minimum absolute atomic E-state index is 0.115. The molecule has 1 aromatic heterocycles. The molecular formula is C22H23NO4S. The Bertz CT molecular complexity index is 1130. The molecule has 0 radical (unpaired) electrons. The molecule has 0 aliphatic rings. The minimum atomic E-state index is -3.26. The van der Waals surface area contributed by atoms with Gasteiger partial charge in [-0.05, 0) is 62.7 Å². The van der Waals surface area contributed by atoms with E-state index >= 15 is 0 Å². The van der Waals surface area contributed by atoms with E-state index < -0.39 is 9.84 Å². The van der Waals surface area contributed by atoms with Gasteiger partial charge in [-0.1, -0.05) is 18.2 Å². The normalized spacial score (nSPS) is 11.4. The van der Waals surface area contributed by atoms with Gasteiger partial charge in [0, 0.05) is 28.9 Å². The van der Waals surface area contributed by atoms with E-state index in [0.717, 1.165) is 28.9 Å². The van der Waals surface area contributed by atoms with Crippen LogP contribution in [0.2, 0.25) is 0 Å². The lowest BCUT2D eigenvalue weighted by Crippen LogP contribution is -2.13. The first kappa shape index (κ1) is 19.9. The highest BCUT2D eigenvalue weighted by Gasteiger charge is 2.18. The molecule has 1 heterocycles. The second-order valence-electron chi connectivity index (χ2n) is 6.86. The summed E-state index contributed by atoms with van der Waals surface area (Å²) in [5.41, 5.74) is 4.65. The number of sulfone groups is 1. The third kappa shape index (κ3) is 4.02. The first-order valence-electron chi connectivity index (χ1n) is 8.89. The summed E-state index contributed by atoms with van der Waals surface area (Å²) in [6, 6.07) is 16.0. The summed E-state index contributed by atoms with van der Waals surface area (Å²) < 4.78 is 30.7. The molecule has 6 heteroatoms. The van der Waals surface area contributed by atoms with Crippen LogP contribution in [-0.2, 0) is 9.84 Å². The van der Waals surface area contributed by atoms with E-state index in [1.165, 1.54) is 12.1 Å². The summed E-state index contributed by atoms with van der Waals surface area (Å²) >= 11 is 0. The van der Waals surface area contributed by atoms with Crippen LogP contribution in [0.15, 0.2) is 59.5 Å². The van der Waals surface area contributed by atoms with Gasteiger partial charge in [-0.25, -0.2) is 8.42 Å². The van der Waals surface area contributed by atoms with Crippen LogP contribution >= 0.6 is 0 Å². The quantitative estimate of drug-likeness (QED) is 0.588. The summed E-state index contributed by atoms with van der Waals surface area (Å²) in [6.07, 6.45) is 1.15. The van der Waals surface area contributed by atoms with E-state index in [2.05, 4.69) is 4.57 Å². The summed E-state index contributed by atoms with van der Waals surface area (Å²) in [4.78, 5) is 12.9. The number of hydrogen-bond donors (Lipinski definition) is 0. The lowest BCUT2D eigenvalue weighted by Gasteiger charge is -2.12. The molecule has 3 rings (SSSR count). The number of aryl methyl sites for hydroxylation is 2. The Morgan fingerprint density at radius 1 is 1.00 bits per heavy atom. The molecule has 0 saturated carbocycles. The lowest BCUT2D eigenvalue weighted by molar-refractivity contribution is 0.0921. The van der Waals surface area contributed by atoms with Gasteiger partial charge in [0.2, 0.25) is 5.78 Å². The number of nitrogens with zero attached hydrogens (tertiary/aromatic N) is 1. The van der Waals surface area contributed by atoms with Crippen LogP contribution in [0.4, 0.5) is 0 Å². The topological polar surface area (TPSA) is 65.4 Å². The zero-order valence-corrected chi connectivity index (χ0v) is 17.2. The molecule has 3 aromatic rings. The standard InChI is InChI=1S/C22H23NO4S/c1-15-7-5-6-8-21(15)23-16(2)13-20(17(23)3)22(24)14-27-18-9-11-19(12-10-18)28(4,25)26/h5-13H,14H2,1-4H3. The summed E-state index contributed by atoms with van der Waals surface area (Å²) in [7, 11) is -3.26. The van der Waals surface area contributed by atoms with Crippen molar-refractivity contribution in [3.8, 4) is 11.4 Å². The smallest absolute Gasteiger partial charge is 0.202 e. The van der Waals surface area contributed by atoms with Gasteiger partial charge in [0.25, 0.3) is 0 Å². The molecule has 0 bridgehead atoms. The van der Waals surface area contributed by atoms with Crippen LogP contribution in [0, 0.1) is 20.8 Å². The van der Waals surface area contributed by atoms with Gasteiger partial charge in [-0.15, -0.1) is 0 Å². The third-order valence-corrected chi connectivity index (χ3v) is 5.84. The van der Waals surface area contributed by atoms with E-state index in [1.54, 1.807) is 12.1 Å². The maximum absolute atomic E-state index is 12.7. The predicted octanol–water partition coefficient (Wildman–Crippen LogP) is 4.07. The van der Waals surface area contributed by atoms with Crippen LogP contribution in [0.5, 0.6) is 5.75 Å². The molecule has 146 valence electrons. The summed E-state index contributed by atoms with van der Waals surface area (Å²) in [5, 5.41) is 0. The molecule has 0 atom stereocenters. The SMILES string of the molecule is Cc1ccccc1-n1c(C)cc(C(=O)COc2ccc(S(C)(=O)=O)cc2)c1C. The molecular weight excluding hydrogens is 374 g/mol. The second-order valence-corrected chi connectivity index (χ2v) is 8.88. The number of ether oxygens (including phenoxy) is 1. The zero-order valence-electron chi connectivity index (χ0n) is 16.4. The predicted molar refractivity (Wildman–Crippen MR) is 109 cm³/mol. The number of carbonyl (C=O) groups excluding carboxylic acids is 1. The number of ketones is 1. The van der Waals surface area contributed by atoms with E-state index in [-0.39, 0.29) is 17.3 Å². The highest BCUT2D eigenvalue weighted by Crippen LogP contribution is 2.24. The van der Waals surface area contributed by atoms with E-state index in [4.69, 9.17) is 4.74 Å². The first-order valence-corrected chi connectivity index (χ1v) is 10.8. The van der Waals surface area contributed by atoms with Crippen LogP contribution in [0.1, 0.15) is 27.3 Å². The number of benzene rings is 2. The Morgan fingerprint density at radius 2 is 1.64 bits per heavy atom. The highest BCUT2D eigenvalue weighted by atomic mass is 32.2. The third-order valence-electron chi connectivity index (χ3n) is 4.71. The lowest BCUT2D eigenvalue weighted by atomic mass is 10.1. The number of para-hydroxylation sites is 1. The molecule has 5 nitrogen and oxygen atoms in total. The Kier molecular flexibility index (Phi) is 5.42. The van der Waals surface area contributed by atoms with E-state index in [9.17, 15) is 13.2 Å². The fourth-order valence-corrected chi connectivity index (χ4v) is 3.87. The van der Waals surface area contributed by atoms with Gasteiger partial charge in [0.05, 0.1) is 4.90 Å². The number of carbonyl (C=O) groups is 1. The monoisotopic (exact) mass is 397 g/mol. The molecule has 0 aliphatic carbocycles. The van der Waals surface area contributed by atoms with Crippen molar-refractivity contribution in [2.24, 2.45) is 0 Å². The Balaban J connectivity index is 1.79. The van der Waals surface area contributed by atoms with Crippen molar-refractivity contribution in [1.82, 2.24) is 4.57 Å². The average molecular weight is 397 g/mol. The molecule has 28 heavy (non-hydrogen) atoms. The van der Waals surface area contributed by atoms with Gasteiger partial charge < -0.3 is 9.30 Å². The average Bonchev–Trinajstić information content (AvgIpc) is 2.94. The van der Waals surface area contributed by atoms with Crippen LogP contribution in [0.25, 0.3) is 5.69 Å². The minimum Gasteiger partial charge on any atom is -0.485 e. The fraction of sp³-hybridized carbons (Fsp3) is 0.227. The largest absolute Gasteiger partial charge is 0.485 e. The molecule has 0 fully saturated rings. The van der Waals surface area contributed by atoms with Crippen molar-refractivity contribution in [1.29, 1.82) is 0 Å². The van der Waals surface area contributed by atoms with Crippen molar-refractivity contribution >= 4 is 15.6 Å². The maximum Gasteiger partial charge on any atom is 0.202 e. The summed E-state index contributed by atoms with van der Waals surface area (Å²) in [5.74, 6) is 0.327. The summed E-state index contributed by atoms with van der Waals surface area (Å²) in [6.45, 7) is 5.82. The van der Waals surface area contributed by atoms with Crippen molar-refractivity contribution in [2.75, 3.05) is 12.9 Å². The second kappa shape index (κ2) is 7.64. The van der Waals surface area contributed by atoms with Gasteiger partial charge >= 0.3 is 0 Å². The molecule has 0 amide bonds. The number of rotatable bonds is 6. The maximum atomic E-state index is 12.7. The molecule has 0 aliphatic heterocycles. The van der Waals surface area contributed by atoms with Crippen molar-refractivity contribution in [3.05, 3.63) is 77.1 Å².